The summed E-state index contributed by atoms with van der Waals surface area (Å²) in [5.74, 6) is 1.11. The average molecular weight is 346 g/mol. The van der Waals surface area contributed by atoms with Gasteiger partial charge in [-0.25, -0.2) is 9.97 Å². The third kappa shape index (κ3) is 2.82. The van der Waals surface area contributed by atoms with Crippen molar-refractivity contribution in [2.45, 2.75) is 0 Å². The Morgan fingerprint density at radius 1 is 1.12 bits per heavy atom. The Morgan fingerprint density at radius 2 is 1.96 bits per heavy atom. The number of benzene rings is 2. The molecule has 4 rings (SSSR count). The van der Waals surface area contributed by atoms with Crippen molar-refractivity contribution in [2.24, 2.45) is 7.05 Å². The molecule has 26 heavy (non-hydrogen) atoms. The average Bonchev–Trinajstić information content (AvgIpc) is 3.00. The number of phenols is 1. The SMILES string of the molecule is COc1cc(O)ccc1Nc1nccc(-c2cn(C)c3ccccc23)n1. The van der Waals surface area contributed by atoms with E-state index in [9.17, 15) is 5.11 Å². The van der Waals surface area contributed by atoms with Gasteiger partial charge in [-0.3, -0.25) is 0 Å². The molecule has 0 saturated heterocycles. The molecule has 6 nitrogen and oxygen atoms in total. The number of hydrogen-bond acceptors (Lipinski definition) is 5. The van der Waals surface area contributed by atoms with Crippen molar-refractivity contribution in [1.82, 2.24) is 14.5 Å². The Hall–Kier alpha value is -3.54. The molecule has 4 aromatic rings. The van der Waals surface area contributed by atoms with Crippen LogP contribution in [0.25, 0.3) is 22.2 Å². The second-order valence-electron chi connectivity index (χ2n) is 5.95. The number of anilines is 2. The van der Waals surface area contributed by atoms with Crippen LogP contribution in [-0.2, 0) is 7.05 Å². The van der Waals surface area contributed by atoms with Gasteiger partial charge in [0.1, 0.15) is 11.5 Å². The van der Waals surface area contributed by atoms with E-state index >= 15 is 0 Å². The summed E-state index contributed by atoms with van der Waals surface area (Å²) in [7, 11) is 3.57. The number of rotatable bonds is 4. The number of methoxy groups -OCH3 is 1. The number of fused-ring (bicyclic) bond motifs is 1. The van der Waals surface area contributed by atoms with Crippen LogP contribution in [-0.4, -0.2) is 26.8 Å². The van der Waals surface area contributed by atoms with Gasteiger partial charge in [0.15, 0.2) is 0 Å². The summed E-state index contributed by atoms with van der Waals surface area (Å²) in [6, 6.07) is 15.0. The zero-order chi connectivity index (χ0) is 18.1. The van der Waals surface area contributed by atoms with Crippen LogP contribution in [0, 0.1) is 0 Å². The number of para-hydroxylation sites is 1. The maximum Gasteiger partial charge on any atom is 0.227 e. The number of phenolic OH excluding ortho intramolecular Hbond substituents is 1. The lowest BCUT2D eigenvalue weighted by Gasteiger charge is -2.10. The summed E-state index contributed by atoms with van der Waals surface area (Å²) >= 11 is 0. The first-order chi connectivity index (χ1) is 12.7. The van der Waals surface area contributed by atoms with Crippen LogP contribution in [0.4, 0.5) is 11.6 Å². The van der Waals surface area contributed by atoms with Gasteiger partial charge in [-0.15, -0.1) is 0 Å². The Balaban J connectivity index is 1.73. The summed E-state index contributed by atoms with van der Waals surface area (Å²) in [6.07, 6.45) is 3.79. The van der Waals surface area contributed by atoms with Crippen molar-refractivity contribution in [2.75, 3.05) is 12.4 Å². The fourth-order valence-electron chi connectivity index (χ4n) is 3.02. The van der Waals surface area contributed by atoms with E-state index in [-0.39, 0.29) is 5.75 Å². The van der Waals surface area contributed by atoms with Gasteiger partial charge in [-0.2, -0.15) is 0 Å². The molecule has 0 amide bonds. The highest BCUT2D eigenvalue weighted by Crippen LogP contribution is 2.32. The highest BCUT2D eigenvalue weighted by molar-refractivity contribution is 5.95. The molecule has 6 heteroatoms. The minimum Gasteiger partial charge on any atom is -0.508 e. The van der Waals surface area contributed by atoms with Gasteiger partial charge >= 0.3 is 0 Å². The predicted molar refractivity (Wildman–Crippen MR) is 102 cm³/mol. The molecule has 2 aromatic heterocycles. The topological polar surface area (TPSA) is 72.2 Å². The zero-order valence-corrected chi connectivity index (χ0v) is 14.5. The minimum atomic E-state index is 0.137. The smallest absolute Gasteiger partial charge is 0.227 e. The molecular formula is C20H18N4O2. The number of nitrogens with zero attached hydrogens (tertiary/aromatic N) is 3. The lowest BCUT2D eigenvalue weighted by molar-refractivity contribution is 0.409. The molecule has 0 spiro atoms. The second-order valence-corrected chi connectivity index (χ2v) is 5.95. The lowest BCUT2D eigenvalue weighted by Crippen LogP contribution is -1.99. The molecule has 2 heterocycles. The molecule has 0 radical (unpaired) electrons. The molecule has 0 atom stereocenters. The molecule has 0 bridgehead atoms. The third-order valence-electron chi connectivity index (χ3n) is 4.26. The highest BCUT2D eigenvalue weighted by Gasteiger charge is 2.11. The van der Waals surface area contributed by atoms with E-state index in [0.717, 1.165) is 22.2 Å². The molecule has 0 saturated carbocycles. The van der Waals surface area contributed by atoms with Crippen LogP contribution in [0.3, 0.4) is 0 Å². The van der Waals surface area contributed by atoms with E-state index in [4.69, 9.17) is 4.74 Å². The normalized spacial score (nSPS) is 10.8. The van der Waals surface area contributed by atoms with Crippen molar-refractivity contribution in [3.63, 3.8) is 0 Å². The van der Waals surface area contributed by atoms with E-state index in [1.165, 1.54) is 6.07 Å². The van der Waals surface area contributed by atoms with Crippen LogP contribution >= 0.6 is 0 Å². The van der Waals surface area contributed by atoms with Gasteiger partial charge in [0.25, 0.3) is 0 Å². The number of aromatic hydroxyl groups is 1. The number of nitrogens with one attached hydrogen (secondary N) is 1. The summed E-state index contributed by atoms with van der Waals surface area (Å²) in [5, 5.41) is 13.9. The first-order valence-corrected chi connectivity index (χ1v) is 8.17. The fourth-order valence-corrected chi connectivity index (χ4v) is 3.02. The van der Waals surface area contributed by atoms with E-state index < -0.39 is 0 Å². The van der Waals surface area contributed by atoms with Crippen LogP contribution in [0.5, 0.6) is 11.5 Å². The molecule has 2 aromatic carbocycles. The molecular weight excluding hydrogens is 328 g/mol. The highest BCUT2D eigenvalue weighted by atomic mass is 16.5. The Kier molecular flexibility index (Phi) is 3.93. The summed E-state index contributed by atoms with van der Waals surface area (Å²) in [4.78, 5) is 8.94. The number of hydrogen-bond donors (Lipinski definition) is 2. The molecule has 2 N–H and O–H groups in total. The molecule has 130 valence electrons. The number of aryl methyl sites for hydroxylation is 1. The molecule has 0 fully saturated rings. The predicted octanol–water partition coefficient (Wildman–Crippen LogP) is 4.09. The van der Waals surface area contributed by atoms with E-state index in [2.05, 4.69) is 38.2 Å². The van der Waals surface area contributed by atoms with Gasteiger partial charge in [0.05, 0.1) is 18.5 Å². The summed E-state index contributed by atoms with van der Waals surface area (Å²) in [5.41, 5.74) is 3.71. The summed E-state index contributed by atoms with van der Waals surface area (Å²) < 4.78 is 7.38. The van der Waals surface area contributed by atoms with Gasteiger partial charge in [-0.05, 0) is 24.3 Å². The molecule has 0 aliphatic carbocycles. The van der Waals surface area contributed by atoms with Crippen molar-refractivity contribution in [3.8, 4) is 22.8 Å². The van der Waals surface area contributed by atoms with Crippen molar-refractivity contribution < 1.29 is 9.84 Å². The quantitative estimate of drug-likeness (QED) is 0.545. The van der Waals surface area contributed by atoms with E-state index in [1.807, 2.05) is 25.2 Å². The fraction of sp³-hybridized carbons (Fsp3) is 0.100. The Labute approximate surface area is 150 Å². The maximum atomic E-state index is 9.59. The number of aromatic nitrogens is 3. The van der Waals surface area contributed by atoms with Crippen molar-refractivity contribution >= 4 is 22.5 Å². The minimum absolute atomic E-state index is 0.137. The lowest BCUT2D eigenvalue weighted by atomic mass is 10.1. The van der Waals surface area contributed by atoms with Crippen LogP contribution in [0.15, 0.2) is 60.9 Å². The number of ether oxygens (including phenoxy) is 1. The van der Waals surface area contributed by atoms with Crippen LogP contribution in [0.1, 0.15) is 0 Å². The molecule has 0 unspecified atom stereocenters. The summed E-state index contributed by atoms with van der Waals surface area (Å²) in [6.45, 7) is 0. The first-order valence-electron chi connectivity index (χ1n) is 8.17. The van der Waals surface area contributed by atoms with Gasteiger partial charge < -0.3 is 19.7 Å². The third-order valence-corrected chi connectivity index (χ3v) is 4.26. The standard InChI is InChI=1S/C20H18N4O2/c1-24-12-15(14-5-3-4-6-18(14)24)16-9-10-21-20(22-16)23-17-8-7-13(25)11-19(17)26-2/h3-12,25H,1-2H3,(H,21,22,23). The van der Waals surface area contributed by atoms with E-state index in [0.29, 0.717) is 17.4 Å². The Bertz CT molecular complexity index is 1090. The maximum absolute atomic E-state index is 9.59. The molecule has 0 aliphatic rings. The first kappa shape index (κ1) is 16.0. The van der Waals surface area contributed by atoms with E-state index in [1.54, 1.807) is 25.4 Å². The van der Waals surface area contributed by atoms with Crippen molar-refractivity contribution in [1.29, 1.82) is 0 Å². The van der Waals surface area contributed by atoms with Crippen molar-refractivity contribution in [3.05, 3.63) is 60.9 Å². The van der Waals surface area contributed by atoms with Gasteiger partial charge in [-0.1, -0.05) is 18.2 Å². The van der Waals surface area contributed by atoms with Gasteiger partial charge in [0.2, 0.25) is 5.95 Å². The van der Waals surface area contributed by atoms with Gasteiger partial charge in [0, 0.05) is 42.0 Å². The zero-order valence-electron chi connectivity index (χ0n) is 14.5. The monoisotopic (exact) mass is 346 g/mol. The molecule has 0 aliphatic heterocycles. The van der Waals surface area contributed by atoms with Crippen LogP contribution < -0.4 is 10.1 Å². The second kappa shape index (κ2) is 6.40. The largest absolute Gasteiger partial charge is 0.508 e. The van der Waals surface area contributed by atoms with Crippen LogP contribution in [0.2, 0.25) is 0 Å². The Morgan fingerprint density at radius 3 is 2.81 bits per heavy atom.